The Bertz CT molecular complexity index is 1850. The maximum atomic E-state index is 13.9. The van der Waals surface area contributed by atoms with Crippen LogP contribution < -0.4 is 15.1 Å². The SMILES string of the molecule is Cc1cccc(NC(=O)Cn2c3c(sc2=O)C(c2cccs2)C2C4CC(C2S3)C2C(=O)N(c3ccc(Cl)cc3)C(=O)C42)c1. The molecule has 7 atom stereocenters. The summed E-state index contributed by atoms with van der Waals surface area (Å²) in [6.45, 7) is 1.88. The Labute approximate surface area is 264 Å². The number of amides is 3. The fraction of sp³-hybridized carbons (Fsp3) is 0.312. The lowest BCUT2D eigenvalue weighted by Crippen LogP contribution is -2.43. The summed E-state index contributed by atoms with van der Waals surface area (Å²) >= 11 is 10.6. The molecule has 2 aromatic carbocycles. The van der Waals surface area contributed by atoms with Gasteiger partial charge in [0.25, 0.3) is 0 Å². The first kappa shape index (κ1) is 27.4. The lowest BCUT2D eigenvalue weighted by atomic mass is 9.69. The first-order chi connectivity index (χ1) is 20.8. The van der Waals surface area contributed by atoms with E-state index in [9.17, 15) is 19.2 Å². The summed E-state index contributed by atoms with van der Waals surface area (Å²) < 4.78 is 1.61. The standard InChI is InChI=1S/C32H26ClN3O4S3/c1-15-4-2-5-17(12-15)34-22(37)14-35-31-28(43-32(35)40)26(21-6-3-11-41-21)23-19-13-20(27(23)42-31)25-24(19)29(38)36(30(25)39)18-9-7-16(33)8-10-18/h2-12,19-20,23-27H,13-14H2,1H3,(H,34,37). The number of carbonyl (C=O) groups excluding carboxylic acids is 3. The molecule has 3 fully saturated rings. The summed E-state index contributed by atoms with van der Waals surface area (Å²) in [6, 6.07) is 18.6. The second kappa shape index (κ2) is 10.2. The van der Waals surface area contributed by atoms with Crippen LogP contribution in [0.1, 0.15) is 27.7 Å². The molecule has 2 aliphatic heterocycles. The number of benzene rings is 2. The molecule has 3 amide bonds. The van der Waals surface area contributed by atoms with Crippen molar-refractivity contribution in [3.63, 3.8) is 0 Å². The van der Waals surface area contributed by atoms with E-state index >= 15 is 0 Å². The average Bonchev–Trinajstić information content (AvgIpc) is 3.79. The van der Waals surface area contributed by atoms with Crippen molar-refractivity contribution in [2.75, 3.05) is 10.2 Å². The fourth-order valence-electron chi connectivity index (χ4n) is 7.95. The number of imide groups is 1. The smallest absolute Gasteiger partial charge is 0.308 e. The van der Waals surface area contributed by atoms with Gasteiger partial charge in [-0.2, -0.15) is 0 Å². The van der Waals surface area contributed by atoms with Gasteiger partial charge < -0.3 is 5.32 Å². The molecule has 7 unspecified atom stereocenters. The van der Waals surface area contributed by atoms with Crippen LogP contribution in [-0.4, -0.2) is 27.5 Å². The number of nitrogens with one attached hydrogen (secondary N) is 1. The maximum absolute atomic E-state index is 13.9. The number of aryl methyl sites for hydroxylation is 1. The number of rotatable bonds is 5. The Morgan fingerprint density at radius 1 is 1.00 bits per heavy atom. The van der Waals surface area contributed by atoms with Gasteiger partial charge in [-0.1, -0.05) is 41.1 Å². The number of hydrogen-bond acceptors (Lipinski definition) is 7. The van der Waals surface area contributed by atoms with E-state index < -0.39 is 0 Å². The van der Waals surface area contributed by atoms with E-state index in [2.05, 4.69) is 11.4 Å². The van der Waals surface area contributed by atoms with Crippen LogP contribution in [0.5, 0.6) is 0 Å². The molecule has 7 nitrogen and oxygen atoms in total. The van der Waals surface area contributed by atoms with E-state index in [1.54, 1.807) is 51.9 Å². The average molecular weight is 648 g/mol. The third kappa shape index (κ3) is 4.21. The lowest BCUT2D eigenvalue weighted by Gasteiger charge is -2.42. The van der Waals surface area contributed by atoms with Crippen LogP contribution in [0.2, 0.25) is 5.02 Å². The Balaban J connectivity index is 1.15. The molecule has 1 N–H and O–H groups in total. The summed E-state index contributed by atoms with van der Waals surface area (Å²) in [7, 11) is 0. The van der Waals surface area contributed by atoms with Gasteiger partial charge in [0.1, 0.15) is 6.54 Å². The summed E-state index contributed by atoms with van der Waals surface area (Å²) in [6.07, 6.45) is 0.818. The normalized spacial score (nSPS) is 28.6. The zero-order valence-corrected chi connectivity index (χ0v) is 26.1. The van der Waals surface area contributed by atoms with Crippen LogP contribution in [0.4, 0.5) is 11.4 Å². The molecule has 0 spiro atoms. The van der Waals surface area contributed by atoms with Crippen LogP contribution in [0.15, 0.2) is 75.9 Å². The number of hydrogen-bond donors (Lipinski definition) is 1. The third-order valence-corrected chi connectivity index (χ3v) is 13.5. The highest BCUT2D eigenvalue weighted by Gasteiger charge is 2.70. The number of anilines is 2. The highest BCUT2D eigenvalue weighted by molar-refractivity contribution is 8.00. The summed E-state index contributed by atoms with van der Waals surface area (Å²) in [4.78, 5) is 57.7. The third-order valence-electron chi connectivity index (χ3n) is 9.49. The van der Waals surface area contributed by atoms with Gasteiger partial charge in [-0.3, -0.25) is 28.6 Å². The van der Waals surface area contributed by atoms with Crippen molar-refractivity contribution in [3.05, 3.63) is 96.1 Å². The molecule has 2 bridgehead atoms. The largest absolute Gasteiger partial charge is 0.325 e. The first-order valence-electron chi connectivity index (χ1n) is 14.2. The first-order valence-corrected chi connectivity index (χ1v) is 17.2. The van der Waals surface area contributed by atoms with Crippen LogP contribution in [0.3, 0.4) is 0 Å². The van der Waals surface area contributed by atoms with Gasteiger partial charge in [0.2, 0.25) is 17.7 Å². The molecule has 4 aromatic rings. The monoisotopic (exact) mass is 647 g/mol. The van der Waals surface area contributed by atoms with Gasteiger partial charge in [-0.25, -0.2) is 0 Å². The molecule has 2 saturated carbocycles. The van der Waals surface area contributed by atoms with Crippen LogP contribution in [0.25, 0.3) is 0 Å². The molecule has 8 rings (SSSR count). The molecule has 218 valence electrons. The molecular formula is C32H26ClN3O4S3. The zero-order chi connectivity index (χ0) is 29.6. The van der Waals surface area contributed by atoms with Crippen LogP contribution in [0, 0.1) is 36.5 Å². The van der Waals surface area contributed by atoms with Crippen LogP contribution in [-0.2, 0) is 20.9 Å². The van der Waals surface area contributed by atoms with E-state index in [-0.39, 0.29) is 69.9 Å². The van der Waals surface area contributed by atoms with E-state index in [4.69, 9.17) is 11.6 Å². The minimum absolute atomic E-state index is 0.0129. The highest BCUT2D eigenvalue weighted by atomic mass is 35.5. The Kier molecular flexibility index (Phi) is 6.49. The zero-order valence-electron chi connectivity index (χ0n) is 22.9. The van der Waals surface area contributed by atoms with Gasteiger partial charge in [-0.15, -0.1) is 23.1 Å². The molecule has 2 aliphatic carbocycles. The van der Waals surface area contributed by atoms with Crippen molar-refractivity contribution in [3.8, 4) is 0 Å². The Morgan fingerprint density at radius 3 is 2.49 bits per heavy atom. The molecule has 4 heterocycles. The van der Waals surface area contributed by atoms with Gasteiger partial charge >= 0.3 is 4.87 Å². The van der Waals surface area contributed by atoms with Crippen LogP contribution >= 0.6 is 46.0 Å². The minimum atomic E-state index is -0.379. The predicted molar refractivity (Wildman–Crippen MR) is 170 cm³/mol. The quantitative estimate of drug-likeness (QED) is 0.259. The van der Waals surface area contributed by atoms with E-state index in [1.165, 1.54) is 16.2 Å². The van der Waals surface area contributed by atoms with E-state index in [0.717, 1.165) is 26.8 Å². The molecular weight excluding hydrogens is 622 g/mol. The number of thioether (sulfide) groups is 1. The maximum Gasteiger partial charge on any atom is 0.308 e. The fourth-order valence-corrected chi connectivity index (χ4v) is 12.2. The molecule has 4 aliphatic rings. The number of halogens is 1. The number of thiophene rings is 1. The number of fused-ring (bicyclic) bond motifs is 9. The van der Waals surface area contributed by atoms with Gasteiger partial charge in [0.15, 0.2) is 0 Å². The van der Waals surface area contributed by atoms with Crippen molar-refractivity contribution >= 4 is 75.1 Å². The van der Waals surface area contributed by atoms with Crippen molar-refractivity contribution in [2.45, 2.75) is 36.1 Å². The molecule has 11 heteroatoms. The predicted octanol–water partition coefficient (Wildman–Crippen LogP) is 6.25. The summed E-state index contributed by atoms with van der Waals surface area (Å²) in [5.74, 6) is -1.14. The second-order valence-corrected chi connectivity index (χ2v) is 15.4. The number of carbonyl (C=O) groups is 3. The van der Waals surface area contributed by atoms with Gasteiger partial charge in [0, 0.05) is 31.6 Å². The molecule has 43 heavy (non-hydrogen) atoms. The molecule has 1 saturated heterocycles. The molecule has 2 aromatic heterocycles. The summed E-state index contributed by atoms with van der Waals surface area (Å²) in [5.41, 5.74) is 2.29. The molecule has 0 radical (unpaired) electrons. The summed E-state index contributed by atoms with van der Waals surface area (Å²) in [5, 5.41) is 6.42. The highest BCUT2D eigenvalue weighted by Crippen LogP contribution is 2.69. The minimum Gasteiger partial charge on any atom is -0.325 e. The van der Waals surface area contributed by atoms with Crippen molar-refractivity contribution in [1.82, 2.24) is 4.57 Å². The topological polar surface area (TPSA) is 88.5 Å². The Morgan fingerprint density at radius 2 is 1.77 bits per heavy atom. The number of nitrogens with zero attached hydrogens (tertiary/aromatic N) is 2. The van der Waals surface area contributed by atoms with E-state index in [0.29, 0.717) is 16.4 Å². The van der Waals surface area contributed by atoms with Crippen molar-refractivity contribution in [2.24, 2.45) is 29.6 Å². The van der Waals surface area contributed by atoms with E-state index in [1.807, 2.05) is 42.6 Å². The Hall–Kier alpha value is -3.18. The van der Waals surface area contributed by atoms with Crippen molar-refractivity contribution in [1.29, 1.82) is 0 Å². The lowest BCUT2D eigenvalue weighted by molar-refractivity contribution is -0.123. The second-order valence-electron chi connectivity index (χ2n) is 11.8. The number of thiazole rings is 1. The van der Waals surface area contributed by atoms with Crippen molar-refractivity contribution < 1.29 is 14.4 Å². The van der Waals surface area contributed by atoms with Gasteiger partial charge in [0.05, 0.1) is 22.5 Å². The number of aromatic nitrogens is 1. The van der Waals surface area contributed by atoms with Gasteiger partial charge in [-0.05, 0) is 84.5 Å².